The molecule has 0 fully saturated rings. The minimum absolute atomic E-state index is 0.101. The average Bonchev–Trinajstić information content (AvgIpc) is 3.09. The molecule has 8 nitrogen and oxygen atoms in total. The van der Waals surface area contributed by atoms with Crippen LogP contribution in [0.5, 0.6) is 5.75 Å². The van der Waals surface area contributed by atoms with E-state index in [1.165, 1.54) is 12.3 Å². The van der Waals surface area contributed by atoms with Crippen LogP contribution in [0.3, 0.4) is 0 Å². The molecule has 0 aliphatic carbocycles. The molecule has 2 heterocycles. The van der Waals surface area contributed by atoms with Gasteiger partial charge in [0.15, 0.2) is 0 Å². The molecule has 0 bridgehead atoms. The van der Waals surface area contributed by atoms with Crippen molar-refractivity contribution in [3.8, 4) is 17.1 Å². The zero-order valence-electron chi connectivity index (χ0n) is 13.5. The Hall–Kier alpha value is -3.42. The monoisotopic (exact) mass is 340 g/mol. The van der Waals surface area contributed by atoms with Crippen molar-refractivity contribution in [3.63, 3.8) is 0 Å². The van der Waals surface area contributed by atoms with Crippen LogP contribution >= 0.6 is 0 Å². The number of nitrogens with zero attached hydrogens (tertiary/aromatic N) is 2. The van der Waals surface area contributed by atoms with Crippen molar-refractivity contribution in [2.24, 2.45) is 0 Å². The molecule has 3 aromatic rings. The minimum atomic E-state index is -0.256. The summed E-state index contributed by atoms with van der Waals surface area (Å²) in [4.78, 5) is 30.1. The number of methoxy groups -OCH3 is 1. The van der Waals surface area contributed by atoms with Crippen LogP contribution < -0.4 is 15.6 Å². The van der Waals surface area contributed by atoms with Crippen molar-refractivity contribution in [1.82, 2.24) is 20.4 Å². The van der Waals surface area contributed by atoms with E-state index >= 15 is 0 Å². The molecule has 1 aromatic carbocycles. The van der Waals surface area contributed by atoms with Crippen molar-refractivity contribution in [2.75, 3.05) is 7.11 Å². The van der Waals surface area contributed by atoms with Crippen molar-refractivity contribution in [1.29, 1.82) is 0 Å². The van der Waals surface area contributed by atoms with E-state index in [-0.39, 0.29) is 30.3 Å². The van der Waals surface area contributed by atoms with Crippen LogP contribution in [-0.4, -0.2) is 28.1 Å². The number of rotatable bonds is 6. The van der Waals surface area contributed by atoms with Gasteiger partial charge in [0, 0.05) is 23.4 Å². The second kappa shape index (κ2) is 7.43. The fourth-order valence-electron chi connectivity index (χ4n) is 2.29. The normalized spacial score (nSPS) is 10.4. The highest BCUT2D eigenvalue weighted by atomic mass is 16.5. The van der Waals surface area contributed by atoms with Crippen LogP contribution in [0, 0.1) is 0 Å². The number of H-pyrrole nitrogens is 1. The van der Waals surface area contributed by atoms with Gasteiger partial charge in [0.25, 0.3) is 0 Å². The molecule has 128 valence electrons. The Morgan fingerprint density at radius 1 is 1.32 bits per heavy atom. The number of carbonyl (C=O) groups is 1. The zero-order chi connectivity index (χ0) is 17.6. The Morgan fingerprint density at radius 2 is 2.16 bits per heavy atom. The molecule has 0 radical (unpaired) electrons. The van der Waals surface area contributed by atoms with Gasteiger partial charge in [-0.2, -0.15) is 4.98 Å². The quantitative estimate of drug-likeness (QED) is 0.700. The lowest BCUT2D eigenvalue weighted by atomic mass is 10.1. The summed E-state index contributed by atoms with van der Waals surface area (Å²) in [6.45, 7) is 0.101. The van der Waals surface area contributed by atoms with Crippen LogP contribution in [0.4, 0.5) is 0 Å². The summed E-state index contributed by atoms with van der Waals surface area (Å²) in [5.41, 5.74) is 1.07. The maximum absolute atomic E-state index is 12.1. The standard InChI is InChI=1S/C17H16N4O4/c1-24-13-5-3-2-4-11(13)8-15(23)19-10-16-20-17(21-25-16)12-6-7-18-14(22)9-12/h2-7,9H,8,10H2,1H3,(H,18,22)(H,19,23). The molecule has 2 aromatic heterocycles. The molecule has 0 aliphatic heterocycles. The van der Waals surface area contributed by atoms with Gasteiger partial charge in [-0.05, 0) is 12.1 Å². The first kappa shape index (κ1) is 16.4. The van der Waals surface area contributed by atoms with Crippen molar-refractivity contribution < 1.29 is 14.1 Å². The topological polar surface area (TPSA) is 110 Å². The first-order valence-electron chi connectivity index (χ1n) is 7.56. The number of amides is 1. The van der Waals surface area contributed by atoms with Gasteiger partial charge in [-0.15, -0.1) is 0 Å². The Labute approximate surface area is 142 Å². The highest BCUT2D eigenvalue weighted by Gasteiger charge is 2.12. The van der Waals surface area contributed by atoms with Gasteiger partial charge in [0.2, 0.25) is 23.2 Å². The second-order valence-electron chi connectivity index (χ2n) is 5.22. The molecule has 3 rings (SSSR count). The average molecular weight is 340 g/mol. The molecule has 0 saturated carbocycles. The Kier molecular flexibility index (Phi) is 4.89. The van der Waals surface area contributed by atoms with Gasteiger partial charge in [-0.25, -0.2) is 0 Å². The lowest BCUT2D eigenvalue weighted by molar-refractivity contribution is -0.120. The summed E-state index contributed by atoms with van der Waals surface area (Å²) in [6, 6.07) is 10.3. The molecule has 8 heteroatoms. The van der Waals surface area contributed by atoms with Gasteiger partial charge >= 0.3 is 0 Å². The number of benzene rings is 1. The number of aromatic nitrogens is 3. The summed E-state index contributed by atoms with van der Waals surface area (Å²) in [5.74, 6) is 1.01. The number of nitrogens with one attached hydrogen (secondary N) is 2. The largest absolute Gasteiger partial charge is 0.496 e. The third kappa shape index (κ3) is 4.11. The fourth-order valence-corrected chi connectivity index (χ4v) is 2.29. The number of carbonyl (C=O) groups excluding carboxylic acids is 1. The van der Waals surface area contributed by atoms with E-state index in [0.29, 0.717) is 17.1 Å². The van der Waals surface area contributed by atoms with Crippen molar-refractivity contribution >= 4 is 5.91 Å². The Bertz CT molecular complexity index is 932. The summed E-state index contributed by atoms with van der Waals surface area (Å²) in [6.07, 6.45) is 1.68. The zero-order valence-corrected chi connectivity index (χ0v) is 13.5. The maximum atomic E-state index is 12.1. The number of hydrogen-bond donors (Lipinski definition) is 2. The molecule has 0 atom stereocenters. The van der Waals surface area contributed by atoms with Gasteiger partial charge in [-0.3, -0.25) is 9.59 Å². The van der Waals surface area contributed by atoms with Crippen molar-refractivity contribution in [2.45, 2.75) is 13.0 Å². The minimum Gasteiger partial charge on any atom is -0.496 e. The molecule has 0 saturated heterocycles. The van der Waals surface area contributed by atoms with Gasteiger partial charge in [0.1, 0.15) is 5.75 Å². The van der Waals surface area contributed by atoms with E-state index in [0.717, 1.165) is 5.56 Å². The maximum Gasteiger partial charge on any atom is 0.248 e. The molecule has 0 unspecified atom stereocenters. The predicted molar refractivity (Wildman–Crippen MR) is 88.9 cm³/mol. The summed E-state index contributed by atoms with van der Waals surface area (Å²) < 4.78 is 10.3. The second-order valence-corrected chi connectivity index (χ2v) is 5.22. The molecule has 0 spiro atoms. The highest BCUT2D eigenvalue weighted by Crippen LogP contribution is 2.17. The number of hydrogen-bond acceptors (Lipinski definition) is 6. The summed E-state index contributed by atoms with van der Waals surface area (Å²) in [7, 11) is 1.56. The van der Waals surface area contributed by atoms with Crippen LogP contribution in [-0.2, 0) is 17.8 Å². The van der Waals surface area contributed by atoms with Gasteiger partial charge in [-0.1, -0.05) is 23.4 Å². The van der Waals surface area contributed by atoms with Gasteiger partial charge < -0.3 is 19.6 Å². The van der Waals surface area contributed by atoms with E-state index in [2.05, 4.69) is 20.4 Å². The van der Waals surface area contributed by atoms with Gasteiger partial charge in [0.05, 0.1) is 20.1 Å². The third-order valence-electron chi connectivity index (χ3n) is 3.48. The first-order chi connectivity index (χ1) is 12.2. The first-order valence-corrected chi connectivity index (χ1v) is 7.56. The Morgan fingerprint density at radius 3 is 2.96 bits per heavy atom. The lowest BCUT2D eigenvalue weighted by Gasteiger charge is -2.07. The Balaban J connectivity index is 1.60. The molecular weight excluding hydrogens is 324 g/mol. The van der Waals surface area contributed by atoms with Crippen LogP contribution in [0.2, 0.25) is 0 Å². The lowest BCUT2D eigenvalue weighted by Crippen LogP contribution is -2.24. The van der Waals surface area contributed by atoms with Crippen LogP contribution in [0.1, 0.15) is 11.5 Å². The van der Waals surface area contributed by atoms with E-state index in [9.17, 15) is 9.59 Å². The summed E-state index contributed by atoms with van der Waals surface area (Å²) >= 11 is 0. The molecule has 0 aliphatic rings. The third-order valence-corrected chi connectivity index (χ3v) is 3.48. The number of pyridine rings is 1. The highest BCUT2D eigenvalue weighted by molar-refractivity contribution is 5.79. The SMILES string of the molecule is COc1ccccc1CC(=O)NCc1nc(-c2cc[nH]c(=O)c2)no1. The summed E-state index contributed by atoms with van der Waals surface area (Å²) in [5, 5.41) is 6.52. The van der Waals surface area contributed by atoms with E-state index in [1.54, 1.807) is 19.2 Å². The van der Waals surface area contributed by atoms with E-state index in [1.807, 2.05) is 18.2 Å². The van der Waals surface area contributed by atoms with E-state index < -0.39 is 0 Å². The fraction of sp³-hybridized carbons (Fsp3) is 0.176. The molecule has 25 heavy (non-hydrogen) atoms. The molecular formula is C17H16N4O4. The number of ether oxygens (including phenoxy) is 1. The smallest absolute Gasteiger partial charge is 0.248 e. The predicted octanol–water partition coefficient (Wildman–Crippen LogP) is 1.29. The van der Waals surface area contributed by atoms with Crippen LogP contribution in [0.25, 0.3) is 11.4 Å². The van der Waals surface area contributed by atoms with Crippen LogP contribution in [0.15, 0.2) is 51.9 Å². The van der Waals surface area contributed by atoms with E-state index in [4.69, 9.17) is 9.26 Å². The number of para-hydroxylation sites is 1. The molecule has 1 amide bonds. The molecule has 2 N–H and O–H groups in total. The van der Waals surface area contributed by atoms with Crippen molar-refractivity contribution in [3.05, 3.63) is 64.4 Å². The number of aromatic amines is 1.